The minimum absolute atomic E-state index is 0. The Kier molecular flexibility index (Phi) is 11.2. The SMILES string of the molecule is CCNC(=NCC(=O)N1CCCC1)NCCOCc1ccccc1.I. The number of halogens is 1. The number of nitrogens with zero attached hydrogens (tertiary/aromatic N) is 2. The summed E-state index contributed by atoms with van der Waals surface area (Å²) >= 11 is 0. The average Bonchev–Trinajstić information content (AvgIpc) is 3.14. The highest BCUT2D eigenvalue weighted by Crippen LogP contribution is 2.07. The van der Waals surface area contributed by atoms with E-state index in [1.54, 1.807) is 0 Å². The molecule has 0 radical (unpaired) electrons. The van der Waals surface area contributed by atoms with Gasteiger partial charge in [0.2, 0.25) is 5.91 Å². The number of hydrogen-bond donors (Lipinski definition) is 2. The van der Waals surface area contributed by atoms with Crippen LogP contribution in [0.1, 0.15) is 25.3 Å². The fourth-order valence-electron chi connectivity index (χ4n) is 2.56. The smallest absolute Gasteiger partial charge is 0.244 e. The molecule has 0 unspecified atom stereocenters. The number of likely N-dealkylation sites (tertiary alicyclic amines) is 1. The van der Waals surface area contributed by atoms with Gasteiger partial charge in [0.05, 0.1) is 13.2 Å². The van der Waals surface area contributed by atoms with Crippen LogP contribution in [-0.2, 0) is 16.1 Å². The first-order valence-corrected chi connectivity index (χ1v) is 8.71. The van der Waals surface area contributed by atoms with Crippen molar-refractivity contribution >= 4 is 35.8 Å². The van der Waals surface area contributed by atoms with Gasteiger partial charge in [-0.15, -0.1) is 24.0 Å². The van der Waals surface area contributed by atoms with Crippen LogP contribution in [0.25, 0.3) is 0 Å². The number of carbonyl (C=O) groups excluding carboxylic acids is 1. The van der Waals surface area contributed by atoms with Crippen molar-refractivity contribution in [1.82, 2.24) is 15.5 Å². The van der Waals surface area contributed by atoms with E-state index in [4.69, 9.17) is 4.74 Å². The van der Waals surface area contributed by atoms with Gasteiger partial charge in [-0.3, -0.25) is 4.79 Å². The maximum absolute atomic E-state index is 12.0. The summed E-state index contributed by atoms with van der Waals surface area (Å²) in [5, 5.41) is 6.35. The molecule has 1 amide bonds. The predicted molar refractivity (Wildman–Crippen MR) is 111 cm³/mol. The molecule has 0 aromatic heterocycles. The number of benzene rings is 1. The Balaban J connectivity index is 0.00000312. The van der Waals surface area contributed by atoms with Crippen molar-refractivity contribution in [3.05, 3.63) is 35.9 Å². The number of carbonyl (C=O) groups is 1. The van der Waals surface area contributed by atoms with Crippen LogP contribution in [0.3, 0.4) is 0 Å². The van der Waals surface area contributed by atoms with Crippen molar-refractivity contribution in [3.8, 4) is 0 Å². The van der Waals surface area contributed by atoms with Crippen molar-refractivity contribution in [1.29, 1.82) is 0 Å². The maximum Gasteiger partial charge on any atom is 0.244 e. The summed E-state index contributed by atoms with van der Waals surface area (Å²) in [6.45, 7) is 6.52. The number of ether oxygens (including phenoxy) is 1. The Morgan fingerprint density at radius 1 is 1.20 bits per heavy atom. The molecule has 0 bridgehead atoms. The van der Waals surface area contributed by atoms with E-state index in [1.165, 1.54) is 0 Å². The zero-order valence-electron chi connectivity index (χ0n) is 14.9. The zero-order valence-corrected chi connectivity index (χ0v) is 17.2. The second-order valence-electron chi connectivity index (χ2n) is 5.75. The van der Waals surface area contributed by atoms with Gasteiger partial charge in [-0.05, 0) is 25.3 Å². The van der Waals surface area contributed by atoms with Gasteiger partial charge in [0, 0.05) is 26.2 Å². The van der Waals surface area contributed by atoms with Crippen molar-refractivity contribution in [2.24, 2.45) is 4.99 Å². The monoisotopic (exact) mass is 460 g/mol. The van der Waals surface area contributed by atoms with Crippen LogP contribution in [0.15, 0.2) is 35.3 Å². The van der Waals surface area contributed by atoms with E-state index < -0.39 is 0 Å². The third-order valence-corrected chi connectivity index (χ3v) is 3.83. The molecule has 0 spiro atoms. The molecule has 25 heavy (non-hydrogen) atoms. The molecule has 140 valence electrons. The first kappa shape index (κ1) is 21.7. The van der Waals surface area contributed by atoms with Gasteiger partial charge in [-0.2, -0.15) is 0 Å². The van der Waals surface area contributed by atoms with Crippen LogP contribution in [0, 0.1) is 0 Å². The van der Waals surface area contributed by atoms with Gasteiger partial charge < -0.3 is 20.3 Å². The summed E-state index contributed by atoms with van der Waals surface area (Å²) in [6, 6.07) is 10.1. The summed E-state index contributed by atoms with van der Waals surface area (Å²) < 4.78 is 5.63. The Morgan fingerprint density at radius 3 is 2.60 bits per heavy atom. The quantitative estimate of drug-likeness (QED) is 0.270. The zero-order chi connectivity index (χ0) is 17.0. The largest absolute Gasteiger partial charge is 0.375 e. The van der Waals surface area contributed by atoms with Crippen LogP contribution in [0.5, 0.6) is 0 Å². The lowest BCUT2D eigenvalue weighted by molar-refractivity contribution is -0.128. The summed E-state index contributed by atoms with van der Waals surface area (Å²) in [5.74, 6) is 0.762. The first-order valence-electron chi connectivity index (χ1n) is 8.71. The number of nitrogens with one attached hydrogen (secondary N) is 2. The fraction of sp³-hybridized carbons (Fsp3) is 0.556. The minimum Gasteiger partial charge on any atom is -0.375 e. The van der Waals surface area contributed by atoms with Crippen LogP contribution in [0.2, 0.25) is 0 Å². The van der Waals surface area contributed by atoms with E-state index in [-0.39, 0.29) is 36.4 Å². The molecule has 1 aliphatic rings. The molecular weight excluding hydrogens is 431 g/mol. The van der Waals surface area contributed by atoms with Crippen LogP contribution >= 0.6 is 24.0 Å². The second-order valence-corrected chi connectivity index (χ2v) is 5.75. The highest BCUT2D eigenvalue weighted by Gasteiger charge is 2.17. The predicted octanol–water partition coefficient (Wildman–Crippen LogP) is 2.00. The molecule has 6 nitrogen and oxygen atoms in total. The standard InChI is InChI=1S/C18H28N4O2.HI/c1-2-19-18(21-14-17(23)22-11-6-7-12-22)20-10-13-24-15-16-8-4-3-5-9-16;/h3-5,8-9H,2,6-7,10-15H2,1H3,(H2,19,20,21);1H. The molecular formula is C18H29IN4O2. The molecule has 2 rings (SSSR count). The Bertz CT molecular complexity index is 519. The summed E-state index contributed by atoms with van der Waals surface area (Å²) in [7, 11) is 0. The number of amides is 1. The molecule has 1 aromatic rings. The van der Waals surface area contributed by atoms with Gasteiger partial charge in [0.15, 0.2) is 5.96 Å². The molecule has 7 heteroatoms. The number of rotatable bonds is 8. The van der Waals surface area contributed by atoms with Gasteiger partial charge in [-0.25, -0.2) is 4.99 Å². The van der Waals surface area contributed by atoms with Crippen LogP contribution in [0.4, 0.5) is 0 Å². The summed E-state index contributed by atoms with van der Waals surface area (Å²) in [5.41, 5.74) is 1.16. The molecule has 0 saturated carbocycles. The lowest BCUT2D eigenvalue weighted by Crippen LogP contribution is -2.40. The van der Waals surface area contributed by atoms with E-state index in [1.807, 2.05) is 42.2 Å². The molecule has 1 fully saturated rings. The normalized spacial score (nSPS) is 14.1. The molecule has 0 atom stereocenters. The number of hydrogen-bond acceptors (Lipinski definition) is 3. The van der Waals surface area contributed by atoms with Gasteiger partial charge >= 0.3 is 0 Å². The highest BCUT2D eigenvalue weighted by molar-refractivity contribution is 14.0. The topological polar surface area (TPSA) is 66.0 Å². The molecule has 1 heterocycles. The maximum atomic E-state index is 12.0. The number of guanidine groups is 1. The van der Waals surface area contributed by atoms with Gasteiger partial charge in [-0.1, -0.05) is 30.3 Å². The Hall–Kier alpha value is -1.35. The van der Waals surface area contributed by atoms with E-state index >= 15 is 0 Å². The molecule has 2 N–H and O–H groups in total. The van der Waals surface area contributed by atoms with Crippen LogP contribution < -0.4 is 10.6 Å². The van der Waals surface area contributed by atoms with Gasteiger partial charge in [0.25, 0.3) is 0 Å². The van der Waals surface area contributed by atoms with Gasteiger partial charge in [0.1, 0.15) is 6.54 Å². The van der Waals surface area contributed by atoms with Crippen molar-refractivity contribution < 1.29 is 9.53 Å². The van der Waals surface area contributed by atoms with E-state index in [0.717, 1.165) is 38.0 Å². The Morgan fingerprint density at radius 2 is 1.92 bits per heavy atom. The molecule has 1 saturated heterocycles. The molecule has 0 aliphatic carbocycles. The molecule has 1 aromatic carbocycles. The van der Waals surface area contributed by atoms with E-state index in [0.29, 0.717) is 25.7 Å². The van der Waals surface area contributed by atoms with Crippen molar-refractivity contribution in [3.63, 3.8) is 0 Å². The number of aliphatic imine (C=N–C) groups is 1. The first-order chi connectivity index (χ1) is 11.8. The lowest BCUT2D eigenvalue weighted by atomic mass is 10.2. The minimum atomic E-state index is 0. The lowest BCUT2D eigenvalue weighted by Gasteiger charge is -2.15. The van der Waals surface area contributed by atoms with Crippen molar-refractivity contribution in [2.75, 3.05) is 39.3 Å². The van der Waals surface area contributed by atoms with E-state index in [2.05, 4.69) is 15.6 Å². The van der Waals surface area contributed by atoms with Crippen molar-refractivity contribution in [2.45, 2.75) is 26.4 Å². The third-order valence-electron chi connectivity index (χ3n) is 3.83. The molecule has 1 aliphatic heterocycles. The highest BCUT2D eigenvalue weighted by atomic mass is 127. The summed E-state index contributed by atoms with van der Waals surface area (Å²) in [4.78, 5) is 18.3. The average molecular weight is 460 g/mol. The Labute approximate surface area is 167 Å². The second kappa shape index (κ2) is 12.9. The van der Waals surface area contributed by atoms with Crippen LogP contribution in [-0.4, -0.2) is 56.1 Å². The fourth-order valence-corrected chi connectivity index (χ4v) is 2.56. The third kappa shape index (κ3) is 8.53. The van der Waals surface area contributed by atoms with E-state index in [9.17, 15) is 4.79 Å². The summed E-state index contributed by atoms with van der Waals surface area (Å²) in [6.07, 6.45) is 2.21.